The summed E-state index contributed by atoms with van der Waals surface area (Å²) in [6.45, 7) is 0.878. The van der Waals surface area contributed by atoms with E-state index in [1.165, 1.54) is 0 Å². The molecule has 0 spiro atoms. The van der Waals surface area contributed by atoms with Crippen molar-refractivity contribution in [3.63, 3.8) is 0 Å². The number of halogens is 1. The van der Waals surface area contributed by atoms with Crippen LogP contribution in [0.4, 0.5) is 5.69 Å². The SMILES string of the molecule is COCCNC(=O)c1ccccc1NC(=O)CCBr. The van der Waals surface area contributed by atoms with Crippen LogP contribution in [0.3, 0.4) is 0 Å². The van der Waals surface area contributed by atoms with E-state index >= 15 is 0 Å². The highest BCUT2D eigenvalue weighted by Crippen LogP contribution is 2.15. The largest absolute Gasteiger partial charge is 0.383 e. The number of hydrogen-bond donors (Lipinski definition) is 2. The minimum absolute atomic E-state index is 0.131. The van der Waals surface area contributed by atoms with Crippen molar-refractivity contribution in [2.45, 2.75) is 6.42 Å². The lowest BCUT2D eigenvalue weighted by atomic mass is 10.1. The van der Waals surface area contributed by atoms with Gasteiger partial charge in [0, 0.05) is 25.4 Å². The van der Waals surface area contributed by atoms with Crippen LogP contribution < -0.4 is 10.6 Å². The number of benzene rings is 1. The van der Waals surface area contributed by atoms with E-state index in [2.05, 4.69) is 26.6 Å². The summed E-state index contributed by atoms with van der Waals surface area (Å²) in [7, 11) is 1.57. The zero-order valence-electron chi connectivity index (χ0n) is 10.7. The molecule has 0 saturated carbocycles. The fourth-order valence-corrected chi connectivity index (χ4v) is 1.81. The number of ether oxygens (including phenoxy) is 1. The Morgan fingerprint density at radius 3 is 2.74 bits per heavy atom. The third-order valence-electron chi connectivity index (χ3n) is 2.36. The van der Waals surface area contributed by atoms with Crippen molar-refractivity contribution in [1.29, 1.82) is 0 Å². The summed E-state index contributed by atoms with van der Waals surface area (Å²) >= 11 is 3.20. The highest BCUT2D eigenvalue weighted by atomic mass is 79.9. The maximum absolute atomic E-state index is 12.0. The summed E-state index contributed by atoms with van der Waals surface area (Å²) in [6.07, 6.45) is 0.361. The van der Waals surface area contributed by atoms with Gasteiger partial charge >= 0.3 is 0 Å². The number of nitrogens with one attached hydrogen (secondary N) is 2. The van der Waals surface area contributed by atoms with Gasteiger partial charge in [-0.1, -0.05) is 28.1 Å². The van der Waals surface area contributed by atoms with E-state index in [-0.39, 0.29) is 11.8 Å². The van der Waals surface area contributed by atoms with Crippen molar-refractivity contribution >= 4 is 33.4 Å². The topological polar surface area (TPSA) is 67.4 Å². The van der Waals surface area contributed by atoms with Crippen LogP contribution in [0.25, 0.3) is 0 Å². The molecule has 0 aliphatic rings. The van der Waals surface area contributed by atoms with Gasteiger partial charge in [0.25, 0.3) is 5.91 Å². The summed E-state index contributed by atoms with van der Waals surface area (Å²) in [5.41, 5.74) is 0.963. The molecule has 6 heteroatoms. The Labute approximate surface area is 120 Å². The van der Waals surface area contributed by atoms with E-state index in [0.29, 0.717) is 36.2 Å². The Morgan fingerprint density at radius 1 is 1.32 bits per heavy atom. The van der Waals surface area contributed by atoms with Gasteiger partial charge < -0.3 is 15.4 Å². The Balaban J connectivity index is 2.72. The van der Waals surface area contributed by atoms with Crippen LogP contribution in [-0.4, -0.2) is 37.4 Å². The number of carbonyl (C=O) groups excluding carboxylic acids is 2. The Kier molecular flexibility index (Phi) is 7.14. The first kappa shape index (κ1) is 15.7. The van der Waals surface area contributed by atoms with Crippen molar-refractivity contribution in [2.75, 3.05) is 30.9 Å². The minimum atomic E-state index is -0.230. The van der Waals surface area contributed by atoms with E-state index in [1.54, 1.807) is 31.4 Å². The van der Waals surface area contributed by atoms with Gasteiger partial charge in [-0.05, 0) is 12.1 Å². The molecular formula is C13H17BrN2O3. The first-order chi connectivity index (χ1) is 9.19. The molecule has 104 valence electrons. The summed E-state index contributed by atoms with van der Waals surface area (Å²) < 4.78 is 4.87. The maximum Gasteiger partial charge on any atom is 0.253 e. The second kappa shape index (κ2) is 8.66. The lowest BCUT2D eigenvalue weighted by Crippen LogP contribution is -2.28. The predicted molar refractivity (Wildman–Crippen MR) is 77.7 cm³/mol. The Hall–Kier alpha value is -1.40. The van der Waals surface area contributed by atoms with Crippen molar-refractivity contribution in [3.8, 4) is 0 Å². The zero-order valence-corrected chi connectivity index (χ0v) is 12.3. The second-order valence-corrected chi connectivity index (χ2v) is 4.57. The highest BCUT2D eigenvalue weighted by molar-refractivity contribution is 9.09. The van der Waals surface area contributed by atoms with E-state index in [9.17, 15) is 9.59 Å². The molecule has 1 aromatic carbocycles. The van der Waals surface area contributed by atoms with Crippen LogP contribution in [0.15, 0.2) is 24.3 Å². The van der Waals surface area contributed by atoms with Gasteiger partial charge in [0.1, 0.15) is 0 Å². The van der Waals surface area contributed by atoms with Crippen LogP contribution in [0, 0.1) is 0 Å². The second-order valence-electron chi connectivity index (χ2n) is 3.78. The predicted octanol–water partition coefficient (Wildman–Crippen LogP) is 1.79. The fraction of sp³-hybridized carbons (Fsp3) is 0.385. The first-order valence-corrected chi connectivity index (χ1v) is 7.03. The van der Waals surface area contributed by atoms with Crippen LogP contribution in [0.5, 0.6) is 0 Å². The van der Waals surface area contributed by atoms with Crippen LogP contribution in [0.1, 0.15) is 16.8 Å². The molecule has 19 heavy (non-hydrogen) atoms. The summed E-state index contributed by atoms with van der Waals surface area (Å²) in [6, 6.07) is 6.91. The molecular weight excluding hydrogens is 312 g/mol. The minimum Gasteiger partial charge on any atom is -0.383 e. The average molecular weight is 329 g/mol. The van der Waals surface area contributed by atoms with Crippen LogP contribution >= 0.6 is 15.9 Å². The number of hydrogen-bond acceptors (Lipinski definition) is 3. The third kappa shape index (κ3) is 5.40. The lowest BCUT2D eigenvalue weighted by Gasteiger charge is -2.10. The number of anilines is 1. The third-order valence-corrected chi connectivity index (χ3v) is 2.76. The zero-order chi connectivity index (χ0) is 14.1. The Bertz CT molecular complexity index is 438. The van der Waals surface area contributed by atoms with Gasteiger partial charge in [0.05, 0.1) is 17.9 Å². The molecule has 0 atom stereocenters. The normalized spacial score (nSPS) is 10.0. The number of amides is 2. The Morgan fingerprint density at radius 2 is 2.05 bits per heavy atom. The molecule has 0 unspecified atom stereocenters. The van der Waals surface area contributed by atoms with E-state index in [0.717, 1.165) is 0 Å². The molecule has 0 radical (unpaired) electrons. The summed E-state index contributed by atoms with van der Waals surface area (Å²) in [5, 5.41) is 6.03. The molecule has 2 N–H and O–H groups in total. The highest BCUT2D eigenvalue weighted by Gasteiger charge is 2.12. The maximum atomic E-state index is 12.0. The first-order valence-electron chi connectivity index (χ1n) is 5.91. The molecule has 0 aliphatic carbocycles. The summed E-state index contributed by atoms with van der Waals surface area (Å²) in [4.78, 5) is 23.5. The lowest BCUT2D eigenvalue weighted by molar-refractivity contribution is -0.115. The van der Waals surface area contributed by atoms with Gasteiger partial charge in [-0.3, -0.25) is 9.59 Å². The van der Waals surface area contributed by atoms with Gasteiger partial charge in [0.2, 0.25) is 5.91 Å². The van der Waals surface area contributed by atoms with Crippen molar-refractivity contribution < 1.29 is 14.3 Å². The quantitative estimate of drug-likeness (QED) is 0.592. The number of carbonyl (C=O) groups is 2. The fourth-order valence-electron chi connectivity index (χ4n) is 1.45. The van der Waals surface area contributed by atoms with Gasteiger partial charge in [0.15, 0.2) is 0 Å². The van der Waals surface area contributed by atoms with E-state index in [4.69, 9.17) is 4.74 Å². The van der Waals surface area contributed by atoms with E-state index in [1.807, 2.05) is 0 Å². The van der Waals surface area contributed by atoms with Crippen molar-refractivity contribution in [2.24, 2.45) is 0 Å². The molecule has 1 aromatic rings. The number of methoxy groups -OCH3 is 1. The number of para-hydroxylation sites is 1. The number of rotatable bonds is 7. The standard InChI is InChI=1S/C13H17BrN2O3/c1-19-9-8-15-13(18)10-4-2-3-5-11(10)16-12(17)6-7-14/h2-5H,6-9H2,1H3,(H,15,18)(H,16,17). The van der Waals surface area contributed by atoms with Crippen LogP contribution in [-0.2, 0) is 9.53 Å². The smallest absolute Gasteiger partial charge is 0.253 e. The monoisotopic (exact) mass is 328 g/mol. The van der Waals surface area contributed by atoms with Gasteiger partial charge in [-0.15, -0.1) is 0 Å². The van der Waals surface area contributed by atoms with Crippen molar-refractivity contribution in [3.05, 3.63) is 29.8 Å². The summed E-state index contributed by atoms with van der Waals surface area (Å²) in [5.74, 6) is -0.360. The molecule has 5 nitrogen and oxygen atoms in total. The average Bonchev–Trinajstić information content (AvgIpc) is 2.39. The van der Waals surface area contributed by atoms with Gasteiger partial charge in [-0.25, -0.2) is 0 Å². The molecule has 0 heterocycles. The molecule has 0 bridgehead atoms. The molecule has 0 aliphatic heterocycles. The van der Waals surface area contributed by atoms with Crippen molar-refractivity contribution in [1.82, 2.24) is 5.32 Å². The molecule has 1 rings (SSSR count). The molecule has 0 fully saturated rings. The number of alkyl halides is 1. The molecule has 0 saturated heterocycles. The van der Waals surface area contributed by atoms with Gasteiger partial charge in [-0.2, -0.15) is 0 Å². The molecule has 0 aromatic heterocycles. The molecule has 2 amide bonds. The van der Waals surface area contributed by atoms with Crippen LogP contribution in [0.2, 0.25) is 0 Å². The van der Waals surface area contributed by atoms with E-state index < -0.39 is 0 Å².